The second-order valence-corrected chi connectivity index (χ2v) is 4.69. The molecule has 0 bridgehead atoms. The van der Waals surface area contributed by atoms with Crippen LogP contribution in [0.5, 0.6) is 0 Å². The highest BCUT2D eigenvalue weighted by molar-refractivity contribution is 6.30. The molecule has 0 aliphatic carbocycles. The normalized spacial score (nSPS) is 10.3. The highest BCUT2D eigenvalue weighted by Gasteiger charge is 2.12. The predicted octanol–water partition coefficient (Wildman–Crippen LogP) is 3.72. The van der Waals surface area contributed by atoms with Gasteiger partial charge in [0, 0.05) is 11.6 Å². The zero-order valence-electron chi connectivity index (χ0n) is 10.4. The SMILES string of the molecule is Cc1cccc(C(=O)NCc2cccc(Cl)c2)c1F. The average Bonchev–Trinajstić information content (AvgIpc) is 2.39. The fraction of sp³-hybridized carbons (Fsp3) is 0.133. The summed E-state index contributed by atoms with van der Waals surface area (Å²) in [5.74, 6) is -0.910. The van der Waals surface area contributed by atoms with Crippen LogP contribution in [-0.2, 0) is 6.54 Å². The summed E-state index contributed by atoms with van der Waals surface area (Å²) in [7, 11) is 0. The molecule has 0 spiro atoms. The largest absolute Gasteiger partial charge is 0.348 e. The van der Waals surface area contributed by atoms with Gasteiger partial charge in [0.25, 0.3) is 5.91 Å². The Labute approximate surface area is 116 Å². The smallest absolute Gasteiger partial charge is 0.254 e. The number of benzene rings is 2. The summed E-state index contributed by atoms with van der Waals surface area (Å²) in [4.78, 5) is 11.9. The Kier molecular flexibility index (Phi) is 4.17. The lowest BCUT2D eigenvalue weighted by molar-refractivity contribution is 0.0946. The van der Waals surface area contributed by atoms with Crippen molar-refractivity contribution in [2.45, 2.75) is 13.5 Å². The first-order chi connectivity index (χ1) is 9.08. The summed E-state index contributed by atoms with van der Waals surface area (Å²) in [6.07, 6.45) is 0. The van der Waals surface area contributed by atoms with Crippen molar-refractivity contribution in [2.75, 3.05) is 0 Å². The fourth-order valence-corrected chi connectivity index (χ4v) is 1.96. The third-order valence-corrected chi connectivity index (χ3v) is 3.01. The lowest BCUT2D eigenvalue weighted by atomic mass is 10.1. The number of hydrogen-bond donors (Lipinski definition) is 1. The lowest BCUT2D eigenvalue weighted by Crippen LogP contribution is -2.24. The van der Waals surface area contributed by atoms with Gasteiger partial charge in [0.15, 0.2) is 0 Å². The van der Waals surface area contributed by atoms with Crippen LogP contribution in [0.1, 0.15) is 21.5 Å². The van der Waals surface area contributed by atoms with E-state index in [1.807, 2.05) is 6.07 Å². The highest BCUT2D eigenvalue weighted by Crippen LogP contribution is 2.13. The van der Waals surface area contributed by atoms with Crippen molar-refractivity contribution in [1.29, 1.82) is 0 Å². The van der Waals surface area contributed by atoms with E-state index in [2.05, 4.69) is 5.32 Å². The average molecular weight is 278 g/mol. The molecule has 0 saturated heterocycles. The molecule has 19 heavy (non-hydrogen) atoms. The minimum Gasteiger partial charge on any atom is -0.348 e. The molecule has 0 saturated carbocycles. The van der Waals surface area contributed by atoms with Gasteiger partial charge in [-0.3, -0.25) is 4.79 Å². The Morgan fingerprint density at radius 1 is 1.26 bits per heavy atom. The molecule has 2 aromatic rings. The standard InChI is InChI=1S/C15H13ClFNO/c1-10-4-2-7-13(14(10)17)15(19)18-9-11-5-3-6-12(16)8-11/h2-8H,9H2,1H3,(H,18,19). The molecular weight excluding hydrogens is 265 g/mol. The molecule has 0 heterocycles. The van der Waals surface area contributed by atoms with Gasteiger partial charge in [-0.2, -0.15) is 0 Å². The number of carbonyl (C=O) groups excluding carboxylic acids is 1. The molecule has 0 aromatic heterocycles. The second kappa shape index (κ2) is 5.85. The molecule has 2 nitrogen and oxygen atoms in total. The third kappa shape index (κ3) is 3.32. The van der Waals surface area contributed by atoms with Crippen LogP contribution in [-0.4, -0.2) is 5.91 Å². The number of amides is 1. The van der Waals surface area contributed by atoms with Crippen molar-refractivity contribution < 1.29 is 9.18 Å². The van der Waals surface area contributed by atoms with Gasteiger partial charge in [0.2, 0.25) is 0 Å². The Bertz CT molecular complexity index is 613. The highest BCUT2D eigenvalue weighted by atomic mass is 35.5. The topological polar surface area (TPSA) is 29.1 Å². The van der Waals surface area contributed by atoms with Gasteiger partial charge in [-0.05, 0) is 36.2 Å². The van der Waals surface area contributed by atoms with E-state index in [4.69, 9.17) is 11.6 Å². The number of rotatable bonds is 3. The molecule has 0 atom stereocenters. The second-order valence-electron chi connectivity index (χ2n) is 4.25. The zero-order valence-corrected chi connectivity index (χ0v) is 11.2. The molecule has 1 N–H and O–H groups in total. The van der Waals surface area contributed by atoms with E-state index in [1.165, 1.54) is 6.07 Å². The van der Waals surface area contributed by atoms with Crippen LogP contribution >= 0.6 is 11.6 Å². The summed E-state index contributed by atoms with van der Waals surface area (Å²) < 4.78 is 13.8. The van der Waals surface area contributed by atoms with E-state index >= 15 is 0 Å². The minimum atomic E-state index is -0.480. The fourth-order valence-electron chi connectivity index (χ4n) is 1.75. The molecule has 0 aliphatic rings. The van der Waals surface area contributed by atoms with Crippen molar-refractivity contribution in [3.63, 3.8) is 0 Å². The van der Waals surface area contributed by atoms with Gasteiger partial charge < -0.3 is 5.32 Å². The van der Waals surface area contributed by atoms with Gasteiger partial charge in [-0.25, -0.2) is 4.39 Å². The van der Waals surface area contributed by atoms with E-state index in [0.717, 1.165) is 5.56 Å². The number of hydrogen-bond acceptors (Lipinski definition) is 1. The van der Waals surface area contributed by atoms with Crippen molar-refractivity contribution in [3.05, 3.63) is 70.0 Å². The molecule has 0 aliphatic heterocycles. The minimum absolute atomic E-state index is 0.0574. The van der Waals surface area contributed by atoms with E-state index in [-0.39, 0.29) is 5.56 Å². The summed E-state index contributed by atoms with van der Waals surface area (Å²) in [5, 5.41) is 3.28. The van der Waals surface area contributed by atoms with Crippen LogP contribution in [0.4, 0.5) is 4.39 Å². The van der Waals surface area contributed by atoms with Gasteiger partial charge in [-0.15, -0.1) is 0 Å². The van der Waals surface area contributed by atoms with Crippen molar-refractivity contribution >= 4 is 17.5 Å². The van der Waals surface area contributed by atoms with Crippen molar-refractivity contribution in [2.24, 2.45) is 0 Å². The molecule has 0 radical (unpaired) electrons. The Morgan fingerprint density at radius 2 is 2.00 bits per heavy atom. The summed E-state index contributed by atoms with van der Waals surface area (Å²) in [6.45, 7) is 1.94. The molecule has 2 rings (SSSR count). The van der Waals surface area contributed by atoms with Crippen LogP contribution in [0, 0.1) is 12.7 Å². The van der Waals surface area contributed by atoms with E-state index in [9.17, 15) is 9.18 Å². The maximum absolute atomic E-state index is 13.8. The summed E-state index contributed by atoms with van der Waals surface area (Å²) in [6, 6.07) is 11.9. The van der Waals surface area contributed by atoms with Crippen molar-refractivity contribution in [1.82, 2.24) is 5.32 Å². The van der Waals surface area contributed by atoms with Crippen LogP contribution in [0.15, 0.2) is 42.5 Å². The number of halogens is 2. The summed E-state index contributed by atoms with van der Waals surface area (Å²) >= 11 is 5.85. The third-order valence-electron chi connectivity index (χ3n) is 2.78. The van der Waals surface area contributed by atoms with Gasteiger partial charge in [-0.1, -0.05) is 35.9 Å². The van der Waals surface area contributed by atoms with E-state index in [1.54, 1.807) is 37.3 Å². The lowest BCUT2D eigenvalue weighted by Gasteiger charge is -2.07. The quantitative estimate of drug-likeness (QED) is 0.910. The number of carbonyl (C=O) groups is 1. The molecular formula is C15H13ClFNO. The van der Waals surface area contributed by atoms with Gasteiger partial charge in [0.1, 0.15) is 5.82 Å². The summed E-state index contributed by atoms with van der Waals surface area (Å²) in [5.41, 5.74) is 1.38. The molecule has 2 aromatic carbocycles. The van der Waals surface area contributed by atoms with Crippen molar-refractivity contribution in [3.8, 4) is 0 Å². The first kappa shape index (κ1) is 13.6. The Hall–Kier alpha value is -1.87. The maximum atomic E-state index is 13.8. The predicted molar refractivity (Wildman–Crippen MR) is 73.8 cm³/mol. The van der Waals surface area contributed by atoms with Crippen LogP contribution in [0.2, 0.25) is 5.02 Å². The monoisotopic (exact) mass is 277 g/mol. The van der Waals surface area contributed by atoms with E-state index in [0.29, 0.717) is 17.1 Å². The van der Waals surface area contributed by atoms with Crippen LogP contribution in [0.25, 0.3) is 0 Å². The van der Waals surface area contributed by atoms with Crippen LogP contribution < -0.4 is 5.32 Å². The number of aryl methyl sites for hydroxylation is 1. The first-order valence-corrected chi connectivity index (χ1v) is 6.23. The molecule has 0 fully saturated rings. The van der Waals surface area contributed by atoms with E-state index < -0.39 is 11.7 Å². The molecule has 98 valence electrons. The maximum Gasteiger partial charge on any atom is 0.254 e. The Morgan fingerprint density at radius 3 is 2.74 bits per heavy atom. The first-order valence-electron chi connectivity index (χ1n) is 5.85. The molecule has 0 unspecified atom stereocenters. The van der Waals surface area contributed by atoms with Gasteiger partial charge >= 0.3 is 0 Å². The molecule has 1 amide bonds. The Balaban J connectivity index is 2.08. The van der Waals surface area contributed by atoms with Crippen LogP contribution in [0.3, 0.4) is 0 Å². The van der Waals surface area contributed by atoms with Gasteiger partial charge in [0.05, 0.1) is 5.56 Å². The molecule has 4 heteroatoms. The number of nitrogens with one attached hydrogen (secondary N) is 1. The zero-order chi connectivity index (χ0) is 13.8.